The predicted molar refractivity (Wildman–Crippen MR) is 83.4 cm³/mol. The zero-order chi connectivity index (χ0) is 15.3. The molecule has 0 aliphatic heterocycles. The van der Waals surface area contributed by atoms with Crippen molar-refractivity contribution in [3.05, 3.63) is 34.1 Å². The number of hydrogen-bond acceptors (Lipinski definition) is 2. The van der Waals surface area contributed by atoms with E-state index in [4.69, 9.17) is 0 Å². The number of rotatable bonds is 6. The van der Waals surface area contributed by atoms with Gasteiger partial charge in [0.2, 0.25) is 0 Å². The summed E-state index contributed by atoms with van der Waals surface area (Å²) in [7, 11) is 3.91. The molecule has 0 fully saturated rings. The van der Waals surface area contributed by atoms with E-state index in [1.54, 1.807) is 17.0 Å². The third-order valence-corrected chi connectivity index (χ3v) is 3.48. The first-order valence-corrected chi connectivity index (χ1v) is 7.50. The zero-order valence-electron chi connectivity index (χ0n) is 12.5. The van der Waals surface area contributed by atoms with Gasteiger partial charge in [0.1, 0.15) is 5.82 Å². The minimum atomic E-state index is -0.490. The summed E-state index contributed by atoms with van der Waals surface area (Å²) in [6.45, 7) is 6.07. The third kappa shape index (κ3) is 4.87. The van der Waals surface area contributed by atoms with Crippen molar-refractivity contribution in [2.24, 2.45) is 5.92 Å². The zero-order valence-corrected chi connectivity index (χ0v) is 14.1. The fourth-order valence-electron chi connectivity index (χ4n) is 1.88. The number of nitrogens with zero attached hydrogens (tertiary/aromatic N) is 2. The molecule has 1 rings (SSSR count). The van der Waals surface area contributed by atoms with Gasteiger partial charge in [-0.25, -0.2) is 4.39 Å². The molecule has 1 aromatic carbocycles. The first kappa shape index (κ1) is 17.1. The number of carbonyl (C=O) groups excluding carboxylic acids is 1. The lowest BCUT2D eigenvalue weighted by Gasteiger charge is -2.26. The largest absolute Gasteiger partial charge is 0.337 e. The molecule has 0 N–H and O–H groups in total. The van der Waals surface area contributed by atoms with Gasteiger partial charge in [0.25, 0.3) is 5.91 Å². The van der Waals surface area contributed by atoms with E-state index in [2.05, 4.69) is 15.9 Å². The van der Waals surface area contributed by atoms with Gasteiger partial charge in [0, 0.05) is 19.6 Å². The average molecular weight is 345 g/mol. The maximum atomic E-state index is 14.0. The molecule has 0 heterocycles. The second kappa shape index (κ2) is 7.74. The van der Waals surface area contributed by atoms with Crippen molar-refractivity contribution in [2.45, 2.75) is 13.8 Å². The molecular formula is C15H22BrFN2O. The standard InChI is InChI=1S/C15H22BrFN2O/c1-11(2)10-19(9-8-18(3)4)15(20)12-6-5-7-13(16)14(12)17/h5-7,11H,8-10H2,1-4H3. The van der Waals surface area contributed by atoms with Crippen molar-refractivity contribution in [3.8, 4) is 0 Å². The molecule has 112 valence electrons. The van der Waals surface area contributed by atoms with Gasteiger partial charge in [-0.05, 0) is 48.1 Å². The Balaban J connectivity index is 2.94. The van der Waals surface area contributed by atoms with Crippen LogP contribution in [-0.2, 0) is 0 Å². The molecule has 0 saturated carbocycles. The molecule has 0 radical (unpaired) electrons. The minimum Gasteiger partial charge on any atom is -0.337 e. The van der Waals surface area contributed by atoms with Gasteiger partial charge >= 0.3 is 0 Å². The first-order chi connectivity index (χ1) is 9.32. The van der Waals surface area contributed by atoms with Gasteiger partial charge in [-0.3, -0.25) is 4.79 Å². The SMILES string of the molecule is CC(C)CN(CCN(C)C)C(=O)c1cccc(Br)c1F. The number of carbonyl (C=O) groups is 1. The van der Waals surface area contributed by atoms with Crippen molar-refractivity contribution in [2.75, 3.05) is 33.7 Å². The quantitative estimate of drug-likeness (QED) is 0.790. The summed E-state index contributed by atoms with van der Waals surface area (Å²) in [5.74, 6) is -0.396. The molecule has 0 bridgehead atoms. The summed E-state index contributed by atoms with van der Waals surface area (Å²) >= 11 is 3.12. The smallest absolute Gasteiger partial charge is 0.256 e. The molecule has 0 atom stereocenters. The van der Waals surface area contributed by atoms with E-state index >= 15 is 0 Å². The Kier molecular flexibility index (Phi) is 6.62. The fraction of sp³-hybridized carbons (Fsp3) is 0.533. The predicted octanol–water partition coefficient (Wildman–Crippen LogP) is 3.25. The van der Waals surface area contributed by atoms with Crippen LogP contribution in [0.3, 0.4) is 0 Å². The highest BCUT2D eigenvalue weighted by molar-refractivity contribution is 9.10. The van der Waals surface area contributed by atoms with Crippen LogP contribution in [0.25, 0.3) is 0 Å². The van der Waals surface area contributed by atoms with E-state index < -0.39 is 5.82 Å². The van der Waals surface area contributed by atoms with Crippen LogP contribution in [0.2, 0.25) is 0 Å². The summed E-state index contributed by atoms with van der Waals surface area (Å²) in [5, 5.41) is 0. The van der Waals surface area contributed by atoms with Crippen LogP contribution in [0.5, 0.6) is 0 Å². The molecule has 0 aliphatic rings. The summed E-state index contributed by atoms with van der Waals surface area (Å²) in [6.07, 6.45) is 0. The highest BCUT2D eigenvalue weighted by atomic mass is 79.9. The summed E-state index contributed by atoms with van der Waals surface area (Å²) < 4.78 is 14.4. The minimum absolute atomic E-state index is 0.124. The van der Waals surface area contributed by atoms with Gasteiger partial charge in [-0.2, -0.15) is 0 Å². The molecule has 20 heavy (non-hydrogen) atoms. The Morgan fingerprint density at radius 2 is 1.95 bits per heavy atom. The molecule has 0 aliphatic carbocycles. The number of hydrogen-bond donors (Lipinski definition) is 0. The van der Waals surface area contributed by atoms with Gasteiger partial charge in [-0.1, -0.05) is 19.9 Å². The van der Waals surface area contributed by atoms with E-state index in [1.165, 1.54) is 6.07 Å². The molecule has 0 unspecified atom stereocenters. The lowest BCUT2D eigenvalue weighted by molar-refractivity contribution is 0.0720. The van der Waals surface area contributed by atoms with Gasteiger partial charge < -0.3 is 9.80 Å². The van der Waals surface area contributed by atoms with E-state index in [-0.39, 0.29) is 11.5 Å². The number of likely N-dealkylation sites (N-methyl/N-ethyl adjacent to an activating group) is 1. The van der Waals surface area contributed by atoms with Crippen molar-refractivity contribution >= 4 is 21.8 Å². The van der Waals surface area contributed by atoms with Crippen LogP contribution >= 0.6 is 15.9 Å². The number of halogens is 2. The Hall–Kier alpha value is -0.940. The lowest BCUT2D eigenvalue weighted by atomic mass is 10.1. The van der Waals surface area contributed by atoms with Crippen molar-refractivity contribution in [1.29, 1.82) is 0 Å². The number of amides is 1. The monoisotopic (exact) mass is 344 g/mol. The molecule has 1 amide bonds. The third-order valence-electron chi connectivity index (χ3n) is 2.87. The molecule has 0 aromatic heterocycles. The first-order valence-electron chi connectivity index (χ1n) is 6.71. The van der Waals surface area contributed by atoms with Gasteiger partial charge in [0.15, 0.2) is 0 Å². The molecule has 1 aromatic rings. The maximum Gasteiger partial charge on any atom is 0.256 e. The molecule has 3 nitrogen and oxygen atoms in total. The van der Waals surface area contributed by atoms with Crippen molar-refractivity contribution in [3.63, 3.8) is 0 Å². The van der Waals surface area contributed by atoms with Crippen molar-refractivity contribution in [1.82, 2.24) is 9.80 Å². The highest BCUT2D eigenvalue weighted by Gasteiger charge is 2.21. The second-order valence-corrected chi connectivity index (χ2v) is 6.40. The van der Waals surface area contributed by atoms with Crippen molar-refractivity contribution < 1.29 is 9.18 Å². The summed E-state index contributed by atoms with van der Waals surface area (Å²) in [6, 6.07) is 4.81. The molecular weight excluding hydrogens is 323 g/mol. The van der Waals surface area contributed by atoms with Gasteiger partial charge in [0.05, 0.1) is 10.0 Å². The van der Waals surface area contributed by atoms with E-state index in [0.717, 1.165) is 6.54 Å². The van der Waals surface area contributed by atoms with Crippen LogP contribution in [0.15, 0.2) is 22.7 Å². The normalized spacial score (nSPS) is 11.2. The fourth-order valence-corrected chi connectivity index (χ4v) is 2.24. The Morgan fingerprint density at radius 1 is 1.30 bits per heavy atom. The molecule has 5 heteroatoms. The summed E-state index contributed by atoms with van der Waals surface area (Å²) in [4.78, 5) is 16.2. The second-order valence-electron chi connectivity index (χ2n) is 5.55. The molecule has 0 saturated heterocycles. The van der Waals surface area contributed by atoms with E-state index in [1.807, 2.05) is 32.8 Å². The van der Waals surface area contributed by atoms with Gasteiger partial charge in [-0.15, -0.1) is 0 Å². The topological polar surface area (TPSA) is 23.6 Å². The Labute approximate surface area is 128 Å². The Bertz CT molecular complexity index is 463. The number of benzene rings is 1. The van der Waals surface area contributed by atoms with Crippen LogP contribution < -0.4 is 0 Å². The Morgan fingerprint density at radius 3 is 2.50 bits per heavy atom. The van der Waals surface area contributed by atoms with Crippen LogP contribution in [-0.4, -0.2) is 49.4 Å². The molecule has 0 spiro atoms. The van der Waals surface area contributed by atoms with Crippen LogP contribution in [0.1, 0.15) is 24.2 Å². The highest BCUT2D eigenvalue weighted by Crippen LogP contribution is 2.20. The van der Waals surface area contributed by atoms with E-state index in [9.17, 15) is 9.18 Å². The lowest BCUT2D eigenvalue weighted by Crippen LogP contribution is -2.39. The van der Waals surface area contributed by atoms with E-state index in [0.29, 0.717) is 23.5 Å². The maximum absolute atomic E-state index is 14.0. The van der Waals surface area contributed by atoms with Crippen LogP contribution in [0.4, 0.5) is 4.39 Å². The van der Waals surface area contributed by atoms with Crippen LogP contribution in [0, 0.1) is 11.7 Å². The summed E-state index contributed by atoms with van der Waals surface area (Å²) in [5.41, 5.74) is 0.124. The average Bonchev–Trinajstić information content (AvgIpc) is 2.36.